The second-order valence-corrected chi connectivity index (χ2v) is 4.63. The Hall–Kier alpha value is -1.97. The Bertz CT molecular complexity index is 560. The van der Waals surface area contributed by atoms with Gasteiger partial charge in [0.2, 0.25) is 0 Å². The molecule has 0 heterocycles. The summed E-state index contributed by atoms with van der Waals surface area (Å²) in [5.41, 5.74) is -0.374. The van der Waals surface area contributed by atoms with Crippen molar-refractivity contribution < 1.29 is 32.0 Å². The smallest absolute Gasteiger partial charge is 0.337 e. The van der Waals surface area contributed by atoms with Crippen molar-refractivity contribution >= 4 is 22.1 Å². The number of methoxy groups -OCH3 is 2. The van der Waals surface area contributed by atoms with Gasteiger partial charge in [0.25, 0.3) is 10.1 Å². The standard InChI is InChI=1S/C10H10O7S.H3N/c1-16-9(11)6-3-7(10(12)17-2)5-8(4-6)18(13,14)15;/h3-5H,1-2H3,(H,13,14,15);1H3. The van der Waals surface area contributed by atoms with Crippen LogP contribution >= 0.6 is 0 Å². The zero-order valence-corrected chi connectivity index (χ0v) is 11.1. The molecule has 0 unspecified atom stereocenters. The minimum atomic E-state index is -4.55. The number of ether oxygens (including phenoxy) is 2. The summed E-state index contributed by atoms with van der Waals surface area (Å²) in [4.78, 5) is 22.0. The molecule has 4 N–H and O–H groups in total. The SMILES string of the molecule is COC(=O)c1cc(C(=O)OC)cc(S(=O)(=O)O)c1.N. The summed E-state index contributed by atoms with van der Waals surface area (Å²) in [6, 6.07) is 2.90. The van der Waals surface area contributed by atoms with Gasteiger partial charge in [0.1, 0.15) is 0 Å². The van der Waals surface area contributed by atoms with E-state index in [4.69, 9.17) is 4.55 Å². The average molecular weight is 291 g/mol. The molecule has 9 heteroatoms. The topological polar surface area (TPSA) is 142 Å². The highest BCUT2D eigenvalue weighted by atomic mass is 32.2. The summed E-state index contributed by atoms with van der Waals surface area (Å²) in [6.45, 7) is 0. The van der Waals surface area contributed by atoms with E-state index in [0.29, 0.717) is 0 Å². The van der Waals surface area contributed by atoms with Crippen LogP contribution in [-0.2, 0) is 19.6 Å². The van der Waals surface area contributed by atoms with Crippen molar-refractivity contribution in [2.24, 2.45) is 0 Å². The van der Waals surface area contributed by atoms with Gasteiger partial charge in [-0.05, 0) is 18.2 Å². The lowest BCUT2D eigenvalue weighted by Crippen LogP contribution is -2.09. The molecule has 0 saturated carbocycles. The number of rotatable bonds is 3. The van der Waals surface area contributed by atoms with Crippen molar-refractivity contribution in [3.8, 4) is 0 Å². The lowest BCUT2D eigenvalue weighted by molar-refractivity contribution is 0.0598. The first-order chi connectivity index (χ1) is 8.29. The van der Waals surface area contributed by atoms with Gasteiger partial charge >= 0.3 is 11.9 Å². The van der Waals surface area contributed by atoms with E-state index < -0.39 is 27.0 Å². The maximum atomic E-state index is 11.3. The van der Waals surface area contributed by atoms with E-state index in [1.54, 1.807) is 0 Å². The van der Waals surface area contributed by atoms with Gasteiger partial charge in [-0.25, -0.2) is 9.59 Å². The van der Waals surface area contributed by atoms with E-state index in [0.717, 1.165) is 32.4 Å². The van der Waals surface area contributed by atoms with Crippen molar-refractivity contribution in [1.82, 2.24) is 6.15 Å². The van der Waals surface area contributed by atoms with Gasteiger partial charge in [-0.3, -0.25) is 4.55 Å². The van der Waals surface area contributed by atoms with Crippen LogP contribution in [0.2, 0.25) is 0 Å². The van der Waals surface area contributed by atoms with E-state index in [2.05, 4.69) is 9.47 Å². The number of carbonyl (C=O) groups is 2. The van der Waals surface area contributed by atoms with E-state index in [1.165, 1.54) is 0 Å². The van der Waals surface area contributed by atoms with Crippen molar-refractivity contribution in [1.29, 1.82) is 0 Å². The summed E-state index contributed by atoms with van der Waals surface area (Å²) in [5.74, 6) is -1.68. The fourth-order valence-corrected chi connectivity index (χ4v) is 1.77. The van der Waals surface area contributed by atoms with E-state index in [-0.39, 0.29) is 17.3 Å². The molecule has 0 aliphatic rings. The maximum Gasteiger partial charge on any atom is 0.337 e. The summed E-state index contributed by atoms with van der Waals surface area (Å²) < 4.78 is 39.7. The Kier molecular flexibility index (Phi) is 5.62. The average Bonchev–Trinajstić information content (AvgIpc) is 2.35. The number of benzene rings is 1. The fraction of sp³-hybridized carbons (Fsp3) is 0.200. The zero-order valence-electron chi connectivity index (χ0n) is 10.2. The van der Waals surface area contributed by atoms with Crippen LogP contribution in [0.15, 0.2) is 23.1 Å². The molecule has 0 aromatic heterocycles. The summed E-state index contributed by atoms with van der Waals surface area (Å²) in [6.07, 6.45) is 0. The van der Waals surface area contributed by atoms with Crippen LogP contribution in [0.3, 0.4) is 0 Å². The number of hydrogen-bond acceptors (Lipinski definition) is 7. The maximum absolute atomic E-state index is 11.3. The molecule has 0 spiro atoms. The predicted molar refractivity (Wildman–Crippen MR) is 64.0 cm³/mol. The van der Waals surface area contributed by atoms with Crippen LogP contribution in [0.1, 0.15) is 20.7 Å². The molecule has 0 aliphatic carbocycles. The predicted octanol–water partition coefficient (Wildman–Crippen LogP) is 0.668. The van der Waals surface area contributed by atoms with Crippen LogP contribution in [0.5, 0.6) is 0 Å². The lowest BCUT2D eigenvalue weighted by atomic mass is 10.1. The van der Waals surface area contributed by atoms with Crippen molar-refractivity contribution in [2.75, 3.05) is 14.2 Å². The lowest BCUT2D eigenvalue weighted by Gasteiger charge is -2.05. The Labute approximate surface area is 109 Å². The first kappa shape index (κ1) is 17.0. The molecule has 19 heavy (non-hydrogen) atoms. The zero-order chi connectivity index (χ0) is 13.9. The minimum absolute atomic E-state index is 0. The van der Waals surface area contributed by atoms with E-state index >= 15 is 0 Å². The third-order valence-electron chi connectivity index (χ3n) is 2.05. The molecule has 0 fully saturated rings. The molecule has 0 saturated heterocycles. The summed E-state index contributed by atoms with van der Waals surface area (Å²) >= 11 is 0. The Morgan fingerprint density at radius 3 is 1.63 bits per heavy atom. The molecule has 1 aromatic rings. The van der Waals surface area contributed by atoms with Crippen LogP contribution in [-0.4, -0.2) is 39.1 Å². The molecule has 8 nitrogen and oxygen atoms in total. The van der Waals surface area contributed by atoms with Gasteiger partial charge < -0.3 is 15.6 Å². The van der Waals surface area contributed by atoms with Gasteiger partial charge in [0.15, 0.2) is 0 Å². The van der Waals surface area contributed by atoms with Crippen molar-refractivity contribution in [3.63, 3.8) is 0 Å². The molecule has 1 rings (SSSR count). The van der Waals surface area contributed by atoms with Crippen LogP contribution < -0.4 is 6.15 Å². The summed E-state index contributed by atoms with van der Waals surface area (Å²) in [5, 5.41) is 0. The number of esters is 2. The van der Waals surface area contributed by atoms with Crippen LogP contribution in [0, 0.1) is 0 Å². The molecule has 0 atom stereocenters. The Balaban J connectivity index is 0.00000324. The Morgan fingerprint density at radius 1 is 1.00 bits per heavy atom. The molecule has 0 amide bonds. The van der Waals surface area contributed by atoms with E-state index in [1.807, 2.05) is 0 Å². The van der Waals surface area contributed by atoms with E-state index in [9.17, 15) is 18.0 Å². The van der Waals surface area contributed by atoms with Crippen molar-refractivity contribution in [2.45, 2.75) is 4.90 Å². The quantitative estimate of drug-likeness (QED) is 0.611. The number of carbonyl (C=O) groups excluding carboxylic acids is 2. The third-order valence-corrected chi connectivity index (χ3v) is 2.88. The highest BCUT2D eigenvalue weighted by molar-refractivity contribution is 7.85. The highest BCUT2D eigenvalue weighted by Crippen LogP contribution is 2.16. The normalized spacial score (nSPS) is 10.3. The molecule has 0 bridgehead atoms. The van der Waals surface area contributed by atoms with Gasteiger partial charge in [-0.15, -0.1) is 0 Å². The number of hydrogen-bond donors (Lipinski definition) is 2. The van der Waals surface area contributed by atoms with Crippen LogP contribution in [0.25, 0.3) is 0 Å². The van der Waals surface area contributed by atoms with Gasteiger partial charge in [-0.2, -0.15) is 8.42 Å². The molecule has 0 aliphatic heterocycles. The van der Waals surface area contributed by atoms with Gasteiger partial charge in [-0.1, -0.05) is 0 Å². The van der Waals surface area contributed by atoms with Crippen LogP contribution in [0.4, 0.5) is 0 Å². The fourth-order valence-electron chi connectivity index (χ4n) is 1.22. The van der Waals surface area contributed by atoms with Gasteiger partial charge in [0.05, 0.1) is 30.2 Å². The summed E-state index contributed by atoms with van der Waals surface area (Å²) in [7, 11) is -2.35. The largest absolute Gasteiger partial charge is 0.465 e. The first-order valence-corrected chi connectivity index (χ1v) is 6.03. The molecule has 0 radical (unpaired) electrons. The monoisotopic (exact) mass is 291 g/mol. The third kappa shape index (κ3) is 4.02. The second-order valence-electron chi connectivity index (χ2n) is 3.20. The van der Waals surface area contributed by atoms with Crippen molar-refractivity contribution in [3.05, 3.63) is 29.3 Å². The molecular formula is C10H13NO7S. The van der Waals surface area contributed by atoms with Gasteiger partial charge in [0, 0.05) is 0 Å². The molecule has 1 aromatic carbocycles. The minimum Gasteiger partial charge on any atom is -0.465 e. The second kappa shape index (κ2) is 6.27. The molecule has 106 valence electrons. The highest BCUT2D eigenvalue weighted by Gasteiger charge is 2.19. The molecular weight excluding hydrogens is 278 g/mol. The Morgan fingerprint density at radius 2 is 1.37 bits per heavy atom. The first-order valence-electron chi connectivity index (χ1n) is 4.59.